The first-order valence-corrected chi connectivity index (χ1v) is 10.6. The summed E-state index contributed by atoms with van der Waals surface area (Å²) in [4.78, 5) is 12.4. The predicted molar refractivity (Wildman–Crippen MR) is 120 cm³/mol. The zero-order chi connectivity index (χ0) is 20.8. The molecule has 1 amide bonds. The second-order valence-corrected chi connectivity index (χ2v) is 8.13. The Balaban J connectivity index is 1.67. The first-order valence-electron chi connectivity index (χ1n) is 9.61. The second kappa shape index (κ2) is 9.56. The molecule has 1 N–H and O–H groups in total. The molecule has 0 atom stereocenters. The number of anilines is 1. The highest BCUT2D eigenvalue weighted by Crippen LogP contribution is 2.25. The Morgan fingerprint density at radius 2 is 1.83 bits per heavy atom. The Hall–Kier alpha value is -2.86. The Bertz CT molecular complexity index is 975. The topological polar surface area (TPSA) is 59.8 Å². The van der Waals surface area contributed by atoms with Crippen molar-refractivity contribution < 1.29 is 4.79 Å². The zero-order valence-electron chi connectivity index (χ0n) is 17.1. The third kappa shape index (κ3) is 5.35. The van der Waals surface area contributed by atoms with Gasteiger partial charge in [-0.05, 0) is 30.5 Å². The van der Waals surface area contributed by atoms with Gasteiger partial charge < -0.3 is 5.32 Å². The van der Waals surface area contributed by atoms with Crippen LogP contribution in [0.4, 0.5) is 5.69 Å². The number of carbonyl (C=O) groups excluding carboxylic acids is 1. The third-order valence-electron chi connectivity index (χ3n) is 4.53. The Morgan fingerprint density at radius 3 is 2.45 bits per heavy atom. The molecule has 2 aromatic carbocycles. The normalized spacial score (nSPS) is 10.9. The van der Waals surface area contributed by atoms with Crippen molar-refractivity contribution in [1.29, 1.82) is 0 Å². The van der Waals surface area contributed by atoms with Crippen LogP contribution in [0.25, 0.3) is 11.4 Å². The van der Waals surface area contributed by atoms with Gasteiger partial charge in [-0.2, -0.15) is 0 Å². The summed E-state index contributed by atoms with van der Waals surface area (Å²) in [5.41, 5.74) is 4.23. The van der Waals surface area contributed by atoms with E-state index in [0.717, 1.165) is 17.1 Å². The number of hydrogen-bond acceptors (Lipinski definition) is 4. The number of amides is 1. The molecule has 3 rings (SSSR count). The molecular weight excluding hydrogens is 380 g/mol. The van der Waals surface area contributed by atoms with Crippen molar-refractivity contribution in [2.75, 3.05) is 11.1 Å². The smallest absolute Gasteiger partial charge is 0.234 e. The summed E-state index contributed by atoms with van der Waals surface area (Å²) < 4.78 is 1.98. The number of hydrogen-bond donors (Lipinski definition) is 1. The van der Waals surface area contributed by atoms with Gasteiger partial charge >= 0.3 is 0 Å². The fourth-order valence-electron chi connectivity index (χ4n) is 2.88. The maximum absolute atomic E-state index is 12.4. The van der Waals surface area contributed by atoms with Gasteiger partial charge in [0.15, 0.2) is 11.0 Å². The monoisotopic (exact) mass is 406 g/mol. The fraction of sp³-hybridized carbons (Fsp3) is 0.261. The summed E-state index contributed by atoms with van der Waals surface area (Å²) >= 11 is 1.37. The molecule has 0 aliphatic heterocycles. The highest BCUT2D eigenvalue weighted by molar-refractivity contribution is 7.99. The highest BCUT2D eigenvalue weighted by atomic mass is 32.2. The highest BCUT2D eigenvalue weighted by Gasteiger charge is 2.15. The average Bonchev–Trinajstić information content (AvgIpc) is 3.10. The largest absolute Gasteiger partial charge is 0.325 e. The van der Waals surface area contributed by atoms with E-state index in [4.69, 9.17) is 0 Å². The van der Waals surface area contributed by atoms with Crippen molar-refractivity contribution in [3.05, 3.63) is 72.3 Å². The van der Waals surface area contributed by atoms with E-state index in [1.807, 2.05) is 59.2 Å². The molecule has 0 radical (unpaired) electrons. The maximum atomic E-state index is 12.4. The summed E-state index contributed by atoms with van der Waals surface area (Å²) in [7, 11) is 0. The van der Waals surface area contributed by atoms with Crippen LogP contribution >= 0.6 is 11.8 Å². The molecule has 6 heteroatoms. The van der Waals surface area contributed by atoms with Gasteiger partial charge in [-0.3, -0.25) is 9.36 Å². The van der Waals surface area contributed by atoms with Gasteiger partial charge in [0.25, 0.3) is 0 Å². The molecule has 0 unspecified atom stereocenters. The van der Waals surface area contributed by atoms with Crippen LogP contribution in [-0.4, -0.2) is 26.4 Å². The van der Waals surface area contributed by atoms with E-state index in [-0.39, 0.29) is 11.7 Å². The van der Waals surface area contributed by atoms with Crippen molar-refractivity contribution >= 4 is 23.4 Å². The van der Waals surface area contributed by atoms with Gasteiger partial charge in [-0.25, -0.2) is 0 Å². The van der Waals surface area contributed by atoms with Crippen LogP contribution in [0.15, 0.2) is 66.3 Å². The molecule has 0 saturated carbocycles. The Labute approximate surface area is 176 Å². The molecule has 0 aliphatic carbocycles. The minimum Gasteiger partial charge on any atom is -0.325 e. The van der Waals surface area contributed by atoms with E-state index in [0.29, 0.717) is 17.6 Å². The average molecular weight is 407 g/mol. The Kier molecular flexibility index (Phi) is 6.88. The van der Waals surface area contributed by atoms with Crippen LogP contribution < -0.4 is 5.32 Å². The van der Waals surface area contributed by atoms with Gasteiger partial charge in [-0.15, -0.1) is 16.8 Å². The van der Waals surface area contributed by atoms with E-state index in [9.17, 15) is 4.79 Å². The van der Waals surface area contributed by atoms with Crippen LogP contribution in [0.1, 0.15) is 30.9 Å². The summed E-state index contributed by atoms with van der Waals surface area (Å²) in [6.45, 7) is 10.8. The summed E-state index contributed by atoms with van der Waals surface area (Å²) in [5.74, 6) is 1.43. The number of aryl methyl sites for hydroxylation is 1. The van der Waals surface area contributed by atoms with Gasteiger partial charge in [0, 0.05) is 17.8 Å². The summed E-state index contributed by atoms with van der Waals surface area (Å²) in [6.07, 6.45) is 1.81. The second-order valence-electron chi connectivity index (χ2n) is 7.19. The lowest BCUT2D eigenvalue weighted by Gasteiger charge is -2.09. The first-order chi connectivity index (χ1) is 14.0. The number of allylic oxidation sites excluding steroid dienone is 1. The molecule has 1 heterocycles. The summed E-state index contributed by atoms with van der Waals surface area (Å²) in [6, 6.07) is 16.1. The zero-order valence-corrected chi connectivity index (χ0v) is 17.9. The van der Waals surface area contributed by atoms with Gasteiger partial charge in [0.1, 0.15) is 0 Å². The van der Waals surface area contributed by atoms with Crippen molar-refractivity contribution in [3.63, 3.8) is 0 Å². The van der Waals surface area contributed by atoms with E-state index in [1.165, 1.54) is 22.9 Å². The van der Waals surface area contributed by atoms with Crippen molar-refractivity contribution in [1.82, 2.24) is 14.8 Å². The fourth-order valence-corrected chi connectivity index (χ4v) is 3.63. The lowest BCUT2D eigenvalue weighted by molar-refractivity contribution is -0.113. The van der Waals surface area contributed by atoms with Crippen LogP contribution in [-0.2, 0) is 11.3 Å². The number of rotatable bonds is 8. The molecule has 0 saturated heterocycles. The molecule has 0 fully saturated rings. The van der Waals surface area contributed by atoms with Gasteiger partial charge in [0.2, 0.25) is 5.91 Å². The minimum atomic E-state index is -0.0719. The minimum absolute atomic E-state index is 0.0719. The molecule has 150 valence electrons. The number of carbonyl (C=O) groups is 1. The standard InChI is InChI=1S/C23H26N4OS/c1-5-14-27-22(19-8-6-17(4)7-9-19)25-26-23(27)29-15-21(28)24-20-12-10-18(11-13-20)16(2)3/h5-13,16H,1,14-15H2,2-4H3,(H,24,28). The molecule has 5 nitrogen and oxygen atoms in total. The lowest BCUT2D eigenvalue weighted by atomic mass is 10.0. The number of nitrogens with zero attached hydrogens (tertiary/aromatic N) is 3. The van der Waals surface area contributed by atoms with E-state index < -0.39 is 0 Å². The van der Waals surface area contributed by atoms with E-state index in [2.05, 4.69) is 42.9 Å². The molecule has 0 aliphatic rings. The molecule has 29 heavy (non-hydrogen) atoms. The Morgan fingerprint density at radius 1 is 1.14 bits per heavy atom. The lowest BCUT2D eigenvalue weighted by Crippen LogP contribution is -2.14. The summed E-state index contributed by atoms with van der Waals surface area (Å²) in [5, 5.41) is 12.3. The molecule has 0 spiro atoms. The number of nitrogens with one attached hydrogen (secondary N) is 1. The molecule has 3 aromatic rings. The quantitative estimate of drug-likeness (QED) is 0.408. The van der Waals surface area contributed by atoms with Crippen LogP contribution in [0.3, 0.4) is 0 Å². The predicted octanol–water partition coefficient (Wildman–Crippen LogP) is 5.29. The third-order valence-corrected chi connectivity index (χ3v) is 5.50. The van der Waals surface area contributed by atoms with Crippen molar-refractivity contribution in [3.8, 4) is 11.4 Å². The van der Waals surface area contributed by atoms with Gasteiger partial charge in [0.05, 0.1) is 5.75 Å². The number of aromatic nitrogens is 3. The SMILES string of the molecule is C=CCn1c(SCC(=O)Nc2ccc(C(C)C)cc2)nnc1-c1ccc(C)cc1. The molecular formula is C23H26N4OS. The number of thioether (sulfide) groups is 1. The molecule has 1 aromatic heterocycles. The molecule has 0 bridgehead atoms. The van der Waals surface area contributed by atoms with Crippen molar-refractivity contribution in [2.45, 2.75) is 38.4 Å². The van der Waals surface area contributed by atoms with E-state index in [1.54, 1.807) is 0 Å². The number of benzene rings is 2. The van der Waals surface area contributed by atoms with Crippen LogP contribution in [0.2, 0.25) is 0 Å². The van der Waals surface area contributed by atoms with Crippen LogP contribution in [0, 0.1) is 6.92 Å². The van der Waals surface area contributed by atoms with Gasteiger partial charge in [-0.1, -0.05) is 73.6 Å². The first kappa shape index (κ1) is 20.9. The van der Waals surface area contributed by atoms with Crippen molar-refractivity contribution in [2.24, 2.45) is 0 Å². The van der Waals surface area contributed by atoms with E-state index >= 15 is 0 Å². The maximum Gasteiger partial charge on any atom is 0.234 e. The van der Waals surface area contributed by atoms with Crippen LogP contribution in [0.5, 0.6) is 0 Å².